The first-order valence-electron chi connectivity index (χ1n) is 4.92. The summed E-state index contributed by atoms with van der Waals surface area (Å²) < 4.78 is 5.87. The van der Waals surface area contributed by atoms with Gasteiger partial charge >= 0.3 is 0 Å². The summed E-state index contributed by atoms with van der Waals surface area (Å²) >= 11 is 9.35. The molecule has 0 unspecified atom stereocenters. The number of hydrogen-bond acceptors (Lipinski definition) is 3. The predicted octanol–water partition coefficient (Wildman–Crippen LogP) is 4.25. The lowest BCUT2D eigenvalue weighted by molar-refractivity contribution is 0.415. The number of anilines is 2. The molecule has 1 aromatic heterocycles. The van der Waals surface area contributed by atoms with Crippen LogP contribution in [0.4, 0.5) is 11.5 Å². The molecule has 0 radical (unpaired) electrons. The molecule has 0 aliphatic heterocycles. The van der Waals surface area contributed by atoms with Crippen LogP contribution in [0.2, 0.25) is 5.02 Å². The van der Waals surface area contributed by atoms with Crippen molar-refractivity contribution in [2.45, 2.75) is 0 Å². The van der Waals surface area contributed by atoms with Crippen molar-refractivity contribution in [1.82, 2.24) is 4.98 Å². The smallest absolute Gasteiger partial charge is 0.137 e. The molecule has 0 spiro atoms. The Kier molecular flexibility index (Phi) is 3.86. The average molecular weight is 314 g/mol. The van der Waals surface area contributed by atoms with Crippen LogP contribution in [0.5, 0.6) is 5.75 Å². The van der Waals surface area contributed by atoms with Crippen molar-refractivity contribution in [1.29, 1.82) is 0 Å². The first-order chi connectivity index (χ1) is 8.19. The zero-order valence-corrected chi connectivity index (χ0v) is 11.4. The van der Waals surface area contributed by atoms with Gasteiger partial charge in [0.05, 0.1) is 12.1 Å². The number of pyridine rings is 1. The van der Waals surface area contributed by atoms with Gasteiger partial charge in [0.2, 0.25) is 0 Å². The van der Waals surface area contributed by atoms with Crippen LogP contribution in [-0.4, -0.2) is 12.1 Å². The predicted molar refractivity (Wildman–Crippen MR) is 73.2 cm³/mol. The summed E-state index contributed by atoms with van der Waals surface area (Å²) in [5.74, 6) is 1.40. The molecule has 88 valence electrons. The second kappa shape index (κ2) is 5.38. The van der Waals surface area contributed by atoms with Crippen LogP contribution in [0.25, 0.3) is 0 Å². The maximum atomic E-state index is 6.03. The van der Waals surface area contributed by atoms with Gasteiger partial charge < -0.3 is 10.1 Å². The number of ether oxygens (including phenoxy) is 1. The Balaban J connectivity index is 2.22. The Hall–Kier alpha value is -1.26. The topological polar surface area (TPSA) is 34.1 Å². The highest BCUT2D eigenvalue weighted by Gasteiger charge is 2.02. The Labute approximate surface area is 113 Å². The fourth-order valence-corrected chi connectivity index (χ4v) is 1.97. The van der Waals surface area contributed by atoms with E-state index in [-0.39, 0.29) is 0 Å². The first-order valence-corrected chi connectivity index (χ1v) is 6.09. The van der Waals surface area contributed by atoms with Gasteiger partial charge in [-0.1, -0.05) is 17.7 Å². The number of nitrogens with one attached hydrogen (secondary N) is 1. The second-order valence-electron chi connectivity index (χ2n) is 3.32. The molecule has 2 aromatic rings. The van der Waals surface area contributed by atoms with Crippen LogP contribution in [0.3, 0.4) is 0 Å². The van der Waals surface area contributed by atoms with Gasteiger partial charge in [-0.2, -0.15) is 0 Å². The number of halogens is 2. The number of hydrogen-bond donors (Lipinski definition) is 1. The van der Waals surface area contributed by atoms with Crippen LogP contribution in [0, 0.1) is 0 Å². The quantitative estimate of drug-likeness (QED) is 0.860. The van der Waals surface area contributed by atoms with Crippen molar-refractivity contribution in [3.8, 4) is 5.75 Å². The molecule has 1 N–H and O–H groups in total. The van der Waals surface area contributed by atoms with E-state index in [2.05, 4.69) is 26.2 Å². The minimum absolute atomic E-state index is 0.562. The van der Waals surface area contributed by atoms with Crippen molar-refractivity contribution in [2.75, 3.05) is 12.4 Å². The molecule has 1 heterocycles. The van der Waals surface area contributed by atoms with Crippen LogP contribution in [0.1, 0.15) is 0 Å². The number of methoxy groups -OCH3 is 1. The highest BCUT2D eigenvalue weighted by molar-refractivity contribution is 9.10. The Morgan fingerprint density at radius 1 is 1.29 bits per heavy atom. The summed E-state index contributed by atoms with van der Waals surface area (Å²) in [5, 5.41) is 3.72. The monoisotopic (exact) mass is 312 g/mol. The largest absolute Gasteiger partial charge is 0.495 e. The van der Waals surface area contributed by atoms with Crippen LogP contribution in [-0.2, 0) is 0 Å². The zero-order valence-electron chi connectivity index (χ0n) is 9.08. The molecule has 0 amide bonds. The van der Waals surface area contributed by atoms with Crippen LogP contribution in [0.15, 0.2) is 41.0 Å². The Morgan fingerprint density at radius 3 is 2.76 bits per heavy atom. The number of nitrogens with zero attached hydrogens (tertiary/aromatic N) is 1. The Bertz CT molecular complexity index is 534. The fraction of sp³-hybridized carbons (Fsp3) is 0.0833. The minimum atomic E-state index is 0.562. The average Bonchev–Trinajstić information content (AvgIpc) is 2.29. The number of rotatable bonds is 3. The maximum absolute atomic E-state index is 6.03. The molecule has 0 fully saturated rings. The van der Waals surface area contributed by atoms with E-state index in [0.717, 1.165) is 16.1 Å². The second-order valence-corrected chi connectivity index (χ2v) is 4.54. The summed E-state index contributed by atoms with van der Waals surface area (Å²) in [4.78, 5) is 4.27. The van der Waals surface area contributed by atoms with Gasteiger partial charge in [0, 0.05) is 5.69 Å². The fourth-order valence-electron chi connectivity index (χ4n) is 1.37. The number of aromatic nitrogens is 1. The molecule has 0 aliphatic carbocycles. The molecular weight excluding hydrogens is 304 g/mol. The molecule has 0 atom stereocenters. The molecule has 0 saturated heterocycles. The highest BCUT2D eigenvalue weighted by atomic mass is 79.9. The summed E-state index contributed by atoms with van der Waals surface area (Å²) in [5.41, 5.74) is 0.862. The molecule has 0 bridgehead atoms. The Morgan fingerprint density at radius 2 is 2.12 bits per heavy atom. The van der Waals surface area contributed by atoms with Crippen molar-refractivity contribution < 1.29 is 4.74 Å². The van der Waals surface area contributed by atoms with Gasteiger partial charge in [0.15, 0.2) is 0 Å². The lowest BCUT2D eigenvalue weighted by atomic mass is 10.3. The summed E-state index contributed by atoms with van der Waals surface area (Å²) in [6, 6.07) is 11.1. The van der Waals surface area contributed by atoms with Gasteiger partial charge in [-0.3, -0.25) is 0 Å². The van der Waals surface area contributed by atoms with Crippen LogP contribution >= 0.6 is 27.5 Å². The lowest BCUT2D eigenvalue weighted by Crippen LogP contribution is -1.94. The van der Waals surface area contributed by atoms with Crippen LogP contribution < -0.4 is 10.1 Å². The van der Waals surface area contributed by atoms with E-state index in [9.17, 15) is 0 Å². The molecule has 5 heteroatoms. The van der Waals surface area contributed by atoms with Gasteiger partial charge in [0.25, 0.3) is 0 Å². The van der Waals surface area contributed by atoms with Gasteiger partial charge in [0.1, 0.15) is 16.2 Å². The van der Waals surface area contributed by atoms with Crippen molar-refractivity contribution in [3.05, 3.63) is 46.0 Å². The van der Waals surface area contributed by atoms with Crippen molar-refractivity contribution in [3.63, 3.8) is 0 Å². The maximum Gasteiger partial charge on any atom is 0.137 e. The van der Waals surface area contributed by atoms with E-state index in [0.29, 0.717) is 10.8 Å². The summed E-state index contributed by atoms with van der Waals surface area (Å²) in [6.07, 6.45) is 0. The third-order valence-electron chi connectivity index (χ3n) is 2.14. The molecule has 3 nitrogen and oxygen atoms in total. The van der Waals surface area contributed by atoms with Crippen molar-refractivity contribution >= 4 is 39.0 Å². The highest BCUT2D eigenvalue weighted by Crippen LogP contribution is 2.28. The van der Waals surface area contributed by atoms with Gasteiger partial charge in [-0.15, -0.1) is 0 Å². The van der Waals surface area contributed by atoms with E-state index >= 15 is 0 Å². The third kappa shape index (κ3) is 3.11. The van der Waals surface area contributed by atoms with E-state index < -0.39 is 0 Å². The molecule has 1 aromatic carbocycles. The molecular formula is C12H10BrClN2O. The molecule has 2 rings (SSSR count). The summed E-state index contributed by atoms with van der Waals surface area (Å²) in [6.45, 7) is 0. The molecule has 0 saturated carbocycles. The normalized spacial score (nSPS) is 10.1. The first kappa shape index (κ1) is 12.2. The zero-order chi connectivity index (χ0) is 12.3. The minimum Gasteiger partial charge on any atom is -0.495 e. The lowest BCUT2D eigenvalue weighted by Gasteiger charge is -2.08. The standard InChI is InChI=1S/C12H10BrClN2O/c1-17-10-6-5-8(7-9(10)14)15-12-4-2-3-11(13)16-12/h2-7H,1H3,(H,15,16). The third-order valence-corrected chi connectivity index (χ3v) is 2.88. The molecule has 0 aliphatic rings. The summed E-state index contributed by atoms with van der Waals surface area (Å²) in [7, 11) is 1.59. The molecule has 17 heavy (non-hydrogen) atoms. The van der Waals surface area contributed by atoms with E-state index in [1.54, 1.807) is 13.2 Å². The SMILES string of the molecule is COc1ccc(Nc2cccc(Br)n2)cc1Cl. The van der Waals surface area contributed by atoms with Gasteiger partial charge in [-0.25, -0.2) is 4.98 Å². The van der Waals surface area contributed by atoms with Crippen molar-refractivity contribution in [2.24, 2.45) is 0 Å². The number of benzene rings is 1. The van der Waals surface area contributed by atoms with E-state index in [4.69, 9.17) is 16.3 Å². The van der Waals surface area contributed by atoms with E-state index in [1.807, 2.05) is 30.3 Å². The van der Waals surface area contributed by atoms with Gasteiger partial charge in [-0.05, 0) is 46.3 Å². The van der Waals surface area contributed by atoms with E-state index in [1.165, 1.54) is 0 Å².